The average Bonchev–Trinajstić information content (AvgIpc) is 2.75. The number of carbonyl (C=O) groups is 6. The molecule has 13 nitrogen and oxygen atoms in total. The van der Waals surface area contributed by atoms with Crippen LogP contribution >= 0.6 is 0 Å². The summed E-state index contributed by atoms with van der Waals surface area (Å²) in [5, 5.41) is 36.8. The van der Waals surface area contributed by atoms with Crippen molar-refractivity contribution in [2.45, 2.75) is 50.2 Å². The van der Waals surface area contributed by atoms with Gasteiger partial charge in [0.1, 0.15) is 12.7 Å². The molecule has 14 heteroatoms. The Morgan fingerprint density at radius 2 is 1.48 bits per heavy atom. The summed E-state index contributed by atoms with van der Waals surface area (Å²) in [4.78, 5) is 68.0. The molecule has 3 unspecified atom stereocenters. The van der Waals surface area contributed by atoms with E-state index in [0.717, 1.165) is 0 Å². The Morgan fingerprint density at radius 1 is 0.879 bits per heavy atom. The largest absolute Gasteiger partial charge is 0.481 e. The number of halogens is 1. The molecule has 0 aromatic carbocycles. The van der Waals surface area contributed by atoms with E-state index in [2.05, 4.69) is 21.3 Å². The monoisotopic (exact) mass is 476 g/mol. The van der Waals surface area contributed by atoms with E-state index in [1.807, 2.05) is 0 Å². The summed E-state index contributed by atoms with van der Waals surface area (Å²) in [6, 6.07) is -3.87. The number of Topliss-reactive ketones (excluding diaryl/α,β-unsaturated/α-hetero) is 2. The summed E-state index contributed by atoms with van der Waals surface area (Å²) in [7, 11) is 0. The fraction of sp³-hybridized carbons (Fsp3) is 0.684. The molecule has 1 aliphatic rings. The van der Waals surface area contributed by atoms with E-state index in [-0.39, 0.29) is 25.9 Å². The van der Waals surface area contributed by atoms with Crippen LogP contribution in [0.3, 0.4) is 0 Å². The van der Waals surface area contributed by atoms with Crippen molar-refractivity contribution in [1.82, 2.24) is 21.3 Å². The van der Waals surface area contributed by atoms with E-state index < -0.39 is 72.6 Å². The zero-order valence-corrected chi connectivity index (χ0v) is 17.8. The number of ketones is 2. The van der Waals surface area contributed by atoms with Crippen molar-refractivity contribution < 1.29 is 48.5 Å². The van der Waals surface area contributed by atoms with E-state index >= 15 is 0 Å². The predicted molar refractivity (Wildman–Crippen MR) is 109 cm³/mol. The topological polar surface area (TPSA) is 211 Å². The third-order valence-corrected chi connectivity index (χ3v) is 5.05. The van der Waals surface area contributed by atoms with Crippen molar-refractivity contribution in [3.05, 3.63) is 0 Å². The number of hydrogen-bond acceptors (Lipinski definition) is 8. The molecule has 0 heterocycles. The molecular formula is C19H29FN4O9. The second kappa shape index (κ2) is 14.1. The molecule has 0 aromatic heterocycles. The molecule has 0 saturated heterocycles. The first kappa shape index (κ1) is 27.9. The molecule has 1 fully saturated rings. The first-order chi connectivity index (χ1) is 15.6. The van der Waals surface area contributed by atoms with Gasteiger partial charge in [-0.25, -0.2) is 14.0 Å². The smallest absolute Gasteiger partial charge is 0.326 e. The maximum absolute atomic E-state index is 12.2. The quantitative estimate of drug-likeness (QED) is 0.0949. The molecule has 33 heavy (non-hydrogen) atoms. The second-order valence-electron chi connectivity index (χ2n) is 7.49. The van der Waals surface area contributed by atoms with Crippen molar-refractivity contribution in [3.63, 3.8) is 0 Å². The molecule has 0 aromatic rings. The third kappa shape index (κ3) is 9.49. The number of unbranched alkanes of at least 4 members (excludes halogenated alkanes) is 1. The lowest BCUT2D eigenvalue weighted by Crippen LogP contribution is -2.69. The Morgan fingerprint density at radius 3 is 2.00 bits per heavy atom. The van der Waals surface area contributed by atoms with Crippen molar-refractivity contribution in [1.29, 1.82) is 0 Å². The van der Waals surface area contributed by atoms with Crippen molar-refractivity contribution >= 4 is 35.5 Å². The molecule has 0 spiro atoms. The van der Waals surface area contributed by atoms with Crippen LogP contribution in [-0.4, -0.2) is 95.3 Å². The van der Waals surface area contributed by atoms with Gasteiger partial charge in [0.05, 0.1) is 18.0 Å². The number of carbonyl (C=O) groups excluding carboxylic acids is 3. The van der Waals surface area contributed by atoms with E-state index in [0.29, 0.717) is 19.4 Å². The van der Waals surface area contributed by atoms with Gasteiger partial charge in [0, 0.05) is 19.5 Å². The molecular weight excluding hydrogens is 447 g/mol. The molecule has 186 valence electrons. The number of amides is 2. The summed E-state index contributed by atoms with van der Waals surface area (Å²) >= 11 is 0. The predicted octanol–water partition coefficient (Wildman–Crippen LogP) is -1.49. The Labute approximate surface area is 188 Å². The SMILES string of the molecule is O=C(O)CC[C@H](NC(=O)NCC(CCCCNC1C(=O)C(=O)C1NCCF)C(=O)O)C(=O)O. The minimum Gasteiger partial charge on any atom is -0.481 e. The number of aliphatic carboxylic acids is 3. The molecule has 0 radical (unpaired) electrons. The Bertz CT molecular complexity index is 749. The van der Waals surface area contributed by atoms with Gasteiger partial charge in [0.25, 0.3) is 0 Å². The molecule has 0 aliphatic heterocycles. The fourth-order valence-electron chi connectivity index (χ4n) is 3.18. The van der Waals surface area contributed by atoms with Gasteiger partial charge in [0.15, 0.2) is 0 Å². The van der Waals surface area contributed by atoms with Crippen LogP contribution in [0.25, 0.3) is 0 Å². The van der Waals surface area contributed by atoms with Crippen LogP contribution in [0.1, 0.15) is 32.1 Å². The normalized spacial score (nSPS) is 19.3. The highest BCUT2D eigenvalue weighted by atomic mass is 19.1. The highest BCUT2D eigenvalue weighted by molar-refractivity contribution is 6.49. The number of carboxylic acid groups (broad SMARTS) is 3. The van der Waals surface area contributed by atoms with Gasteiger partial charge >= 0.3 is 23.9 Å². The molecule has 2 amide bonds. The van der Waals surface area contributed by atoms with Gasteiger partial charge in [-0.2, -0.15) is 0 Å². The second-order valence-corrected chi connectivity index (χ2v) is 7.49. The molecule has 7 N–H and O–H groups in total. The number of alkyl halides is 1. The summed E-state index contributed by atoms with van der Waals surface area (Å²) in [6.07, 6.45) is 0.282. The van der Waals surface area contributed by atoms with Gasteiger partial charge < -0.3 is 36.6 Å². The van der Waals surface area contributed by atoms with Crippen LogP contribution in [0, 0.1) is 5.92 Å². The molecule has 1 saturated carbocycles. The third-order valence-electron chi connectivity index (χ3n) is 5.05. The summed E-state index contributed by atoms with van der Waals surface area (Å²) in [6.45, 7) is -0.672. The highest BCUT2D eigenvalue weighted by Gasteiger charge is 2.48. The number of rotatable bonds is 17. The minimum absolute atomic E-state index is 0.0461. The van der Waals surface area contributed by atoms with Gasteiger partial charge in [0.2, 0.25) is 11.6 Å². The van der Waals surface area contributed by atoms with E-state index in [1.165, 1.54) is 0 Å². The summed E-state index contributed by atoms with van der Waals surface area (Å²) in [5.41, 5.74) is 0. The van der Waals surface area contributed by atoms with Gasteiger partial charge in [-0.05, 0) is 25.8 Å². The molecule has 0 bridgehead atoms. The lowest BCUT2D eigenvalue weighted by molar-refractivity contribution is -0.147. The van der Waals surface area contributed by atoms with Crippen LogP contribution in [0.2, 0.25) is 0 Å². The van der Waals surface area contributed by atoms with Crippen molar-refractivity contribution in [2.75, 3.05) is 26.3 Å². The molecule has 4 atom stereocenters. The minimum atomic E-state index is -1.43. The van der Waals surface area contributed by atoms with Crippen LogP contribution in [0.4, 0.5) is 9.18 Å². The number of nitrogens with one attached hydrogen (secondary N) is 4. The van der Waals surface area contributed by atoms with Crippen LogP contribution < -0.4 is 21.3 Å². The Balaban J connectivity index is 2.35. The standard InChI is InChI=1S/C19H29FN4O9/c20-6-8-22-14-13(15(27)16(14)28)21-7-2-1-3-10(17(29)30)9-23-19(33)24-11(18(31)32)4-5-12(25)26/h10-11,13-14,21-22H,1-9H2,(H,25,26)(H,29,30)(H,31,32)(H2,23,24,33)/t10?,11-,13?,14?/m0/s1. The molecule has 1 aliphatic carbocycles. The fourth-order valence-corrected chi connectivity index (χ4v) is 3.18. The average molecular weight is 476 g/mol. The molecule has 1 rings (SSSR count). The maximum Gasteiger partial charge on any atom is 0.326 e. The zero-order chi connectivity index (χ0) is 25.0. The van der Waals surface area contributed by atoms with Crippen molar-refractivity contribution in [3.8, 4) is 0 Å². The number of urea groups is 1. The van der Waals surface area contributed by atoms with Crippen LogP contribution in [0.5, 0.6) is 0 Å². The Hall–Kier alpha value is -3.13. The number of carboxylic acids is 3. The Kier molecular flexibility index (Phi) is 11.9. The van der Waals surface area contributed by atoms with Crippen molar-refractivity contribution in [2.24, 2.45) is 5.92 Å². The highest BCUT2D eigenvalue weighted by Crippen LogP contribution is 2.13. The van der Waals surface area contributed by atoms with E-state index in [9.17, 15) is 38.3 Å². The van der Waals surface area contributed by atoms with Gasteiger partial charge in [-0.3, -0.25) is 19.2 Å². The first-order valence-corrected chi connectivity index (χ1v) is 10.4. The van der Waals surface area contributed by atoms with Crippen LogP contribution in [-0.2, 0) is 24.0 Å². The van der Waals surface area contributed by atoms with Gasteiger partial charge in [-0.15, -0.1) is 0 Å². The zero-order valence-electron chi connectivity index (χ0n) is 17.8. The number of hydrogen-bond donors (Lipinski definition) is 7. The van der Waals surface area contributed by atoms with E-state index in [4.69, 9.17) is 10.2 Å². The maximum atomic E-state index is 12.2. The van der Waals surface area contributed by atoms with Gasteiger partial charge in [-0.1, -0.05) is 6.42 Å². The summed E-state index contributed by atoms with van der Waals surface area (Å²) in [5.74, 6) is -5.95. The lowest BCUT2D eigenvalue weighted by atomic mass is 9.83. The van der Waals surface area contributed by atoms with E-state index in [1.54, 1.807) is 0 Å². The van der Waals surface area contributed by atoms with Crippen LogP contribution in [0.15, 0.2) is 0 Å². The first-order valence-electron chi connectivity index (χ1n) is 10.4. The lowest BCUT2D eigenvalue weighted by Gasteiger charge is -2.34. The summed E-state index contributed by atoms with van der Waals surface area (Å²) < 4.78 is 12.2.